The summed E-state index contributed by atoms with van der Waals surface area (Å²) in [6.45, 7) is 5.24. The second-order valence-corrected chi connectivity index (χ2v) is 8.96. The molecule has 2 aromatic carbocycles. The average molecular weight is 418 g/mol. The fourth-order valence-electron chi connectivity index (χ4n) is 3.21. The number of ether oxygens (including phenoxy) is 1. The molecule has 1 atom stereocenters. The van der Waals surface area contributed by atoms with Crippen molar-refractivity contribution >= 4 is 21.6 Å². The third kappa shape index (κ3) is 5.35. The maximum Gasteiger partial charge on any atom is 0.243 e. The number of morpholine rings is 1. The van der Waals surface area contributed by atoms with E-state index >= 15 is 0 Å². The molecule has 1 fully saturated rings. The Hall–Kier alpha value is -2.42. The SMILES string of the molecule is Cc1ccc(NCC(=O)N[C@H](C)c2ccccc2)cc1S(=O)(=O)N1CCOCC1. The van der Waals surface area contributed by atoms with E-state index in [2.05, 4.69) is 10.6 Å². The van der Waals surface area contributed by atoms with Gasteiger partial charge in [-0.25, -0.2) is 8.42 Å². The van der Waals surface area contributed by atoms with Gasteiger partial charge in [0.1, 0.15) is 0 Å². The highest BCUT2D eigenvalue weighted by Crippen LogP contribution is 2.24. The molecule has 0 bridgehead atoms. The number of rotatable bonds is 7. The van der Waals surface area contributed by atoms with Crippen molar-refractivity contribution < 1.29 is 17.9 Å². The van der Waals surface area contributed by atoms with Gasteiger partial charge in [0.25, 0.3) is 0 Å². The predicted octanol–water partition coefficient (Wildman–Crippen LogP) is 2.31. The van der Waals surface area contributed by atoms with Crippen LogP contribution in [0.4, 0.5) is 5.69 Å². The number of benzene rings is 2. The number of hydrogen-bond acceptors (Lipinski definition) is 5. The van der Waals surface area contributed by atoms with Gasteiger partial charge in [0.05, 0.1) is 30.7 Å². The van der Waals surface area contributed by atoms with Gasteiger partial charge >= 0.3 is 0 Å². The molecule has 1 heterocycles. The summed E-state index contributed by atoms with van der Waals surface area (Å²) in [4.78, 5) is 12.5. The summed E-state index contributed by atoms with van der Waals surface area (Å²) in [5.74, 6) is -0.167. The third-order valence-corrected chi connectivity index (χ3v) is 6.95. The first-order chi connectivity index (χ1) is 13.9. The normalized spacial score (nSPS) is 16.2. The Kier molecular flexibility index (Phi) is 6.89. The van der Waals surface area contributed by atoms with Crippen LogP contribution in [0.25, 0.3) is 0 Å². The van der Waals surface area contributed by atoms with Crippen molar-refractivity contribution in [1.82, 2.24) is 9.62 Å². The quantitative estimate of drug-likeness (QED) is 0.722. The van der Waals surface area contributed by atoms with E-state index in [1.54, 1.807) is 25.1 Å². The zero-order chi connectivity index (χ0) is 20.9. The molecule has 1 aliphatic heterocycles. The van der Waals surface area contributed by atoms with Crippen molar-refractivity contribution in [3.63, 3.8) is 0 Å². The smallest absolute Gasteiger partial charge is 0.243 e. The minimum absolute atomic E-state index is 0.0529. The summed E-state index contributed by atoms with van der Waals surface area (Å²) >= 11 is 0. The van der Waals surface area contributed by atoms with E-state index in [1.807, 2.05) is 37.3 Å². The van der Waals surface area contributed by atoms with Gasteiger partial charge in [0.2, 0.25) is 15.9 Å². The van der Waals surface area contributed by atoms with Crippen LogP contribution in [0.2, 0.25) is 0 Å². The maximum atomic E-state index is 13.0. The van der Waals surface area contributed by atoms with Crippen LogP contribution in [0.15, 0.2) is 53.4 Å². The maximum absolute atomic E-state index is 13.0. The van der Waals surface area contributed by atoms with Gasteiger partial charge in [0.15, 0.2) is 0 Å². The largest absolute Gasteiger partial charge is 0.379 e. The fraction of sp³-hybridized carbons (Fsp3) is 0.381. The molecule has 0 spiro atoms. The molecule has 0 aliphatic carbocycles. The van der Waals surface area contributed by atoms with Crippen molar-refractivity contribution in [2.75, 3.05) is 38.2 Å². The highest BCUT2D eigenvalue weighted by molar-refractivity contribution is 7.89. The van der Waals surface area contributed by atoms with Crippen molar-refractivity contribution in [2.45, 2.75) is 24.8 Å². The van der Waals surface area contributed by atoms with Gasteiger partial charge in [-0.3, -0.25) is 4.79 Å². The molecule has 156 valence electrons. The third-order valence-electron chi connectivity index (χ3n) is 4.91. The summed E-state index contributed by atoms with van der Waals surface area (Å²) in [6.07, 6.45) is 0. The Labute approximate surface area is 172 Å². The number of nitrogens with one attached hydrogen (secondary N) is 2. The van der Waals surface area contributed by atoms with Crippen LogP contribution in [0, 0.1) is 6.92 Å². The monoisotopic (exact) mass is 417 g/mol. The molecule has 8 heteroatoms. The van der Waals surface area contributed by atoms with Gasteiger partial charge in [-0.05, 0) is 37.1 Å². The Morgan fingerprint density at radius 2 is 1.83 bits per heavy atom. The van der Waals surface area contributed by atoms with E-state index in [-0.39, 0.29) is 23.4 Å². The molecule has 1 aliphatic rings. The molecule has 1 saturated heterocycles. The number of nitrogens with zero attached hydrogens (tertiary/aromatic N) is 1. The van der Waals surface area contributed by atoms with Gasteiger partial charge in [0, 0.05) is 18.8 Å². The van der Waals surface area contributed by atoms with Crippen LogP contribution in [-0.2, 0) is 19.6 Å². The molecule has 1 amide bonds. The fourth-order valence-corrected chi connectivity index (χ4v) is 4.87. The van der Waals surface area contributed by atoms with Gasteiger partial charge in [-0.15, -0.1) is 0 Å². The molecular weight excluding hydrogens is 390 g/mol. The van der Waals surface area contributed by atoms with E-state index in [9.17, 15) is 13.2 Å². The van der Waals surface area contributed by atoms with Crippen LogP contribution in [0.3, 0.4) is 0 Å². The number of sulfonamides is 1. The van der Waals surface area contributed by atoms with E-state index in [4.69, 9.17) is 4.74 Å². The minimum Gasteiger partial charge on any atom is -0.379 e. The molecular formula is C21H27N3O4S. The van der Waals surface area contributed by atoms with E-state index in [0.717, 1.165) is 5.56 Å². The summed E-state index contributed by atoms with van der Waals surface area (Å²) in [5.41, 5.74) is 2.28. The average Bonchev–Trinajstić information content (AvgIpc) is 2.74. The summed E-state index contributed by atoms with van der Waals surface area (Å²) in [5, 5.41) is 5.96. The lowest BCUT2D eigenvalue weighted by Crippen LogP contribution is -2.40. The molecule has 0 radical (unpaired) electrons. The molecule has 2 N–H and O–H groups in total. The number of amides is 1. The molecule has 7 nitrogen and oxygen atoms in total. The second-order valence-electron chi connectivity index (χ2n) is 7.05. The van der Waals surface area contributed by atoms with Gasteiger partial charge < -0.3 is 15.4 Å². The Balaban J connectivity index is 1.64. The standard InChI is InChI=1S/C21H27N3O4S/c1-16-8-9-19(14-20(16)29(26,27)24-10-12-28-13-11-24)22-15-21(25)23-17(2)18-6-4-3-5-7-18/h3-9,14,17,22H,10-13,15H2,1-2H3,(H,23,25)/t17-/m1/s1. The van der Waals surface area contributed by atoms with Crippen molar-refractivity contribution in [3.8, 4) is 0 Å². The van der Waals surface area contributed by atoms with E-state index in [0.29, 0.717) is 37.6 Å². The predicted molar refractivity (Wildman–Crippen MR) is 112 cm³/mol. The first kappa shape index (κ1) is 21.3. The van der Waals surface area contributed by atoms with Crippen LogP contribution in [-0.4, -0.2) is 51.5 Å². The Bertz CT molecular complexity index is 942. The first-order valence-electron chi connectivity index (χ1n) is 9.64. The first-order valence-corrected chi connectivity index (χ1v) is 11.1. The Morgan fingerprint density at radius 3 is 2.52 bits per heavy atom. The van der Waals surface area contributed by atoms with Crippen LogP contribution < -0.4 is 10.6 Å². The lowest BCUT2D eigenvalue weighted by Gasteiger charge is -2.27. The van der Waals surface area contributed by atoms with E-state index in [1.165, 1.54) is 4.31 Å². The lowest BCUT2D eigenvalue weighted by molar-refractivity contribution is -0.120. The lowest BCUT2D eigenvalue weighted by atomic mass is 10.1. The molecule has 3 rings (SSSR count). The Morgan fingerprint density at radius 1 is 1.14 bits per heavy atom. The summed E-state index contributed by atoms with van der Waals surface area (Å²) in [6, 6.07) is 14.7. The number of carbonyl (C=O) groups excluding carboxylic acids is 1. The number of carbonyl (C=O) groups is 1. The molecule has 2 aromatic rings. The molecule has 0 unspecified atom stereocenters. The van der Waals surface area contributed by atoms with Crippen LogP contribution in [0.1, 0.15) is 24.1 Å². The summed E-state index contributed by atoms with van der Waals surface area (Å²) < 4.78 is 32.6. The topological polar surface area (TPSA) is 87.7 Å². The highest BCUT2D eigenvalue weighted by Gasteiger charge is 2.28. The van der Waals surface area contributed by atoms with Gasteiger partial charge in [-0.2, -0.15) is 4.31 Å². The van der Waals surface area contributed by atoms with Crippen molar-refractivity contribution in [2.24, 2.45) is 0 Å². The summed E-state index contributed by atoms with van der Waals surface area (Å²) in [7, 11) is -3.60. The minimum atomic E-state index is -3.60. The zero-order valence-electron chi connectivity index (χ0n) is 16.7. The zero-order valence-corrected chi connectivity index (χ0v) is 17.5. The number of anilines is 1. The number of hydrogen-bond donors (Lipinski definition) is 2. The van der Waals surface area contributed by atoms with Crippen LogP contribution >= 0.6 is 0 Å². The second kappa shape index (κ2) is 9.39. The molecule has 29 heavy (non-hydrogen) atoms. The van der Waals surface area contributed by atoms with Gasteiger partial charge in [-0.1, -0.05) is 36.4 Å². The van der Waals surface area contributed by atoms with Crippen molar-refractivity contribution in [1.29, 1.82) is 0 Å². The highest BCUT2D eigenvalue weighted by atomic mass is 32.2. The van der Waals surface area contributed by atoms with Crippen molar-refractivity contribution in [3.05, 3.63) is 59.7 Å². The molecule has 0 aromatic heterocycles. The van der Waals surface area contributed by atoms with Crippen LogP contribution in [0.5, 0.6) is 0 Å². The van der Waals surface area contributed by atoms with E-state index < -0.39 is 10.0 Å². The molecule has 0 saturated carbocycles. The number of aryl methyl sites for hydroxylation is 1.